The van der Waals surface area contributed by atoms with Crippen molar-refractivity contribution in [3.63, 3.8) is 0 Å². The molecule has 0 saturated heterocycles. The first-order valence-electron chi connectivity index (χ1n) is 15.5. The van der Waals surface area contributed by atoms with Crippen molar-refractivity contribution in [2.24, 2.45) is 11.5 Å². The summed E-state index contributed by atoms with van der Waals surface area (Å²) < 4.78 is 12.3. The molecule has 0 aliphatic carbocycles. The molecule has 45 heavy (non-hydrogen) atoms. The second-order valence-electron chi connectivity index (χ2n) is 12.3. The topological polar surface area (TPSA) is 152 Å². The Labute approximate surface area is 268 Å². The van der Waals surface area contributed by atoms with Crippen LogP contribution in [-0.2, 0) is 37.1 Å². The normalized spacial score (nSPS) is 13.7. The van der Waals surface area contributed by atoms with Gasteiger partial charge in [-0.05, 0) is 51.9 Å². The average Bonchev–Trinajstić information content (AvgIpc) is 2.98. The molecule has 2 amide bonds. The zero-order chi connectivity index (χ0) is 33.6. The molecule has 2 aromatic carbocycles. The van der Waals surface area contributed by atoms with Gasteiger partial charge in [0.05, 0.1) is 44.1 Å². The van der Waals surface area contributed by atoms with E-state index in [1.165, 1.54) is 0 Å². The molecule has 0 saturated carbocycles. The summed E-state index contributed by atoms with van der Waals surface area (Å²) in [5, 5.41) is 9.97. The number of hydrogen-bond acceptors (Lipinski definition) is 8. The van der Waals surface area contributed by atoms with Crippen LogP contribution in [0, 0.1) is 0 Å². The molecule has 11 heteroatoms. The van der Waals surface area contributed by atoms with Crippen molar-refractivity contribution in [2.75, 3.05) is 45.9 Å². The highest BCUT2D eigenvalue weighted by Crippen LogP contribution is 2.22. The van der Waals surface area contributed by atoms with Crippen molar-refractivity contribution in [1.82, 2.24) is 14.7 Å². The van der Waals surface area contributed by atoms with Gasteiger partial charge in [-0.1, -0.05) is 74.5 Å². The summed E-state index contributed by atoms with van der Waals surface area (Å²) in [4.78, 5) is 43.0. The molecule has 2 rings (SSSR count). The fraction of sp³-hybridized carbons (Fsp3) is 0.559. The van der Waals surface area contributed by atoms with Gasteiger partial charge < -0.3 is 26.0 Å². The highest BCUT2D eigenvalue weighted by Gasteiger charge is 2.40. The highest BCUT2D eigenvalue weighted by atomic mass is 16.5. The lowest BCUT2D eigenvalue weighted by Gasteiger charge is -2.45. The van der Waals surface area contributed by atoms with Gasteiger partial charge in [-0.15, -0.1) is 0 Å². The van der Waals surface area contributed by atoms with E-state index < -0.39 is 28.9 Å². The van der Waals surface area contributed by atoms with Gasteiger partial charge in [0.1, 0.15) is 0 Å². The molecule has 250 valence electrons. The molecule has 0 fully saturated rings. The third kappa shape index (κ3) is 11.5. The van der Waals surface area contributed by atoms with Gasteiger partial charge in [0.25, 0.3) is 0 Å². The van der Waals surface area contributed by atoms with Crippen LogP contribution in [0.4, 0.5) is 0 Å². The molecular weight excluding hydrogens is 574 g/mol. The van der Waals surface area contributed by atoms with E-state index in [2.05, 4.69) is 0 Å². The van der Waals surface area contributed by atoms with Crippen molar-refractivity contribution in [3.05, 3.63) is 71.8 Å². The largest absolute Gasteiger partial charge is 0.480 e. The molecule has 0 aliphatic rings. The molecule has 0 aliphatic heterocycles. The summed E-state index contributed by atoms with van der Waals surface area (Å²) in [5.41, 5.74) is 11.6. The number of carboxylic acids is 1. The Hall–Kier alpha value is -3.35. The maximum Gasteiger partial charge on any atom is 0.317 e. The van der Waals surface area contributed by atoms with Crippen LogP contribution in [0.25, 0.3) is 0 Å². The summed E-state index contributed by atoms with van der Waals surface area (Å²) in [6.07, 6.45) is 0. The predicted octanol–water partition coefficient (Wildman–Crippen LogP) is 2.72. The van der Waals surface area contributed by atoms with Crippen molar-refractivity contribution in [3.8, 4) is 0 Å². The van der Waals surface area contributed by atoms with E-state index >= 15 is 0 Å². The number of aliphatic carboxylic acids is 1. The summed E-state index contributed by atoms with van der Waals surface area (Å²) in [5.74, 6) is -1.98. The summed E-state index contributed by atoms with van der Waals surface area (Å²) >= 11 is 0. The number of carbonyl (C=O) groups is 3. The summed E-state index contributed by atoms with van der Waals surface area (Å²) in [6.45, 7) is 13.3. The Bertz CT molecular complexity index is 1110. The molecule has 0 heterocycles. The Morgan fingerprint density at radius 2 is 1.07 bits per heavy atom. The maximum atomic E-state index is 12.6. The van der Waals surface area contributed by atoms with Gasteiger partial charge in [-0.25, -0.2) is 0 Å². The predicted molar refractivity (Wildman–Crippen MR) is 175 cm³/mol. The molecule has 0 bridgehead atoms. The first-order chi connectivity index (χ1) is 21.2. The average molecular weight is 628 g/mol. The maximum absolute atomic E-state index is 12.6. The number of primary amides is 2. The lowest BCUT2D eigenvalue weighted by molar-refractivity contribution is -0.141. The minimum Gasteiger partial charge on any atom is -0.480 e. The van der Waals surface area contributed by atoms with Gasteiger partial charge in [0, 0.05) is 25.2 Å². The number of carbonyl (C=O) groups excluding carboxylic acids is 2. The number of carboxylic acid groups (broad SMARTS) is 1. The van der Waals surface area contributed by atoms with Crippen molar-refractivity contribution in [2.45, 2.75) is 77.9 Å². The van der Waals surface area contributed by atoms with E-state index in [1.807, 2.05) is 89.2 Å². The quantitative estimate of drug-likeness (QED) is 0.179. The molecule has 2 atom stereocenters. The molecule has 0 spiro atoms. The molecule has 0 radical (unpaired) electrons. The zero-order valence-corrected chi connectivity index (χ0v) is 27.8. The third-order valence-corrected chi connectivity index (χ3v) is 8.35. The van der Waals surface area contributed by atoms with Gasteiger partial charge in [-0.3, -0.25) is 29.1 Å². The van der Waals surface area contributed by atoms with Crippen LogP contribution in [0.15, 0.2) is 60.7 Å². The number of likely N-dealkylation sites (N-methyl/N-ethyl adjacent to an activating group) is 2. The van der Waals surface area contributed by atoms with Crippen LogP contribution in [0.3, 0.4) is 0 Å². The molecule has 11 nitrogen and oxygen atoms in total. The lowest BCUT2D eigenvalue weighted by atomic mass is 9.98. The molecular formula is C34H53N5O6. The van der Waals surface area contributed by atoms with Gasteiger partial charge in [0.15, 0.2) is 0 Å². The number of nitrogens with two attached hydrogens (primary N) is 2. The van der Waals surface area contributed by atoms with Crippen LogP contribution < -0.4 is 11.5 Å². The van der Waals surface area contributed by atoms with Gasteiger partial charge in [0.2, 0.25) is 11.8 Å². The second-order valence-corrected chi connectivity index (χ2v) is 12.3. The molecule has 2 aromatic rings. The van der Waals surface area contributed by atoms with E-state index in [-0.39, 0.29) is 44.9 Å². The summed E-state index contributed by atoms with van der Waals surface area (Å²) in [7, 11) is 0. The molecule has 0 aromatic heterocycles. The highest BCUT2D eigenvalue weighted by molar-refractivity contribution is 5.84. The Morgan fingerprint density at radius 3 is 1.36 bits per heavy atom. The Balaban J connectivity index is 2.41. The van der Waals surface area contributed by atoms with Crippen LogP contribution in [0.1, 0.15) is 52.7 Å². The molecule has 5 N–H and O–H groups in total. The van der Waals surface area contributed by atoms with Crippen molar-refractivity contribution in [1.29, 1.82) is 0 Å². The van der Waals surface area contributed by atoms with E-state index in [4.69, 9.17) is 20.9 Å². The fourth-order valence-electron chi connectivity index (χ4n) is 5.75. The van der Waals surface area contributed by atoms with E-state index in [1.54, 1.807) is 27.7 Å². The van der Waals surface area contributed by atoms with E-state index in [0.29, 0.717) is 26.3 Å². The first-order valence-corrected chi connectivity index (χ1v) is 15.5. The van der Waals surface area contributed by atoms with Crippen molar-refractivity contribution < 1.29 is 29.0 Å². The zero-order valence-electron chi connectivity index (χ0n) is 27.8. The monoisotopic (exact) mass is 627 g/mol. The van der Waals surface area contributed by atoms with Crippen LogP contribution in [-0.4, -0.2) is 107 Å². The molecule has 2 unspecified atom stereocenters. The number of hydrogen-bond donors (Lipinski definition) is 3. The van der Waals surface area contributed by atoms with Crippen LogP contribution in [0.2, 0.25) is 0 Å². The van der Waals surface area contributed by atoms with Crippen LogP contribution in [0.5, 0.6) is 0 Å². The second kappa shape index (κ2) is 18.0. The SMILES string of the molecule is CCN(C(COCc1ccccc1)CN(CC(=O)O)CC(COCc1ccccc1)N(CC)C(C)(C)C(N)=O)C(C)(C)C(N)=O. The van der Waals surface area contributed by atoms with Gasteiger partial charge in [-0.2, -0.15) is 0 Å². The Morgan fingerprint density at radius 1 is 0.711 bits per heavy atom. The minimum atomic E-state index is -1.02. The lowest BCUT2D eigenvalue weighted by Crippen LogP contribution is -2.63. The number of nitrogens with zero attached hydrogens (tertiary/aromatic N) is 3. The standard InChI is InChI=1S/C34H53N5O6/c1-7-38(33(3,4)31(35)42)28(24-44-22-26-15-11-9-12-16-26)19-37(21-30(40)41)20-29(39(8-2)34(5,6)32(36)43)25-45-23-27-17-13-10-14-18-27/h9-18,28-29H,7-8,19-25H2,1-6H3,(H2,35,42)(H2,36,43)(H,40,41). The fourth-order valence-corrected chi connectivity index (χ4v) is 5.75. The van der Waals surface area contributed by atoms with E-state index in [9.17, 15) is 19.5 Å². The van der Waals surface area contributed by atoms with Crippen molar-refractivity contribution >= 4 is 17.8 Å². The van der Waals surface area contributed by atoms with Crippen LogP contribution >= 0.6 is 0 Å². The number of rotatable bonds is 22. The first kappa shape index (κ1) is 37.8. The Kier molecular flexibility index (Phi) is 15.1. The van der Waals surface area contributed by atoms with Gasteiger partial charge >= 0.3 is 5.97 Å². The number of amides is 2. The summed E-state index contributed by atoms with van der Waals surface area (Å²) in [6, 6.07) is 18.7. The van der Waals surface area contributed by atoms with E-state index in [0.717, 1.165) is 11.1 Å². The number of benzene rings is 2. The third-order valence-electron chi connectivity index (χ3n) is 8.35. The smallest absolute Gasteiger partial charge is 0.317 e. The minimum absolute atomic E-state index is 0.231. The number of ether oxygens (including phenoxy) is 2.